The molecule has 4 nitrogen and oxygen atoms in total. The van der Waals surface area contributed by atoms with Crippen LogP contribution in [0.2, 0.25) is 0 Å². The van der Waals surface area contributed by atoms with Crippen molar-refractivity contribution in [2.45, 2.75) is 37.0 Å². The zero-order chi connectivity index (χ0) is 17.1. The highest BCUT2D eigenvalue weighted by Crippen LogP contribution is 2.55. The summed E-state index contributed by atoms with van der Waals surface area (Å²) in [6.07, 6.45) is 4.24. The fourth-order valence-electron chi connectivity index (χ4n) is 3.94. The Kier molecular flexibility index (Phi) is 3.13. The highest BCUT2D eigenvalue weighted by Gasteiger charge is 2.52. The molecule has 0 bridgehead atoms. The minimum Gasteiger partial charge on any atom is -0.493 e. The first kappa shape index (κ1) is 12.4. The standard InChI is InChI=1S/C17H21NO3.BrH/c1-18-8-7-17-6-5-12(19)9-14(17)21-16-13(20-2)4-3-11(10-18)15(16)17;/h3-6,12,14,19H,7-10H2,1-2H3;1H/t12-,14-,17-;/m0./s1/i1D3;. The van der Waals surface area contributed by atoms with E-state index in [1.165, 1.54) is 4.90 Å². The predicted molar refractivity (Wildman–Crippen MR) is 90.1 cm³/mol. The van der Waals surface area contributed by atoms with Crippen LogP contribution in [0.1, 0.15) is 28.1 Å². The molecule has 1 aliphatic carbocycles. The molecule has 0 radical (unpaired) electrons. The minimum atomic E-state index is -2.13. The molecule has 5 heteroatoms. The molecule has 0 unspecified atom stereocenters. The van der Waals surface area contributed by atoms with Crippen molar-refractivity contribution in [3.63, 3.8) is 0 Å². The molecule has 1 aromatic rings. The van der Waals surface area contributed by atoms with Crippen molar-refractivity contribution in [3.8, 4) is 11.5 Å². The predicted octanol–water partition coefficient (Wildman–Crippen LogP) is 2.43. The van der Waals surface area contributed by atoms with Crippen molar-refractivity contribution in [2.24, 2.45) is 0 Å². The molecule has 0 saturated carbocycles. The first-order valence-electron chi connectivity index (χ1n) is 8.84. The zero-order valence-electron chi connectivity index (χ0n) is 15.4. The van der Waals surface area contributed by atoms with E-state index in [1.807, 2.05) is 24.3 Å². The van der Waals surface area contributed by atoms with Gasteiger partial charge in [-0.25, -0.2) is 0 Å². The second-order valence-corrected chi connectivity index (χ2v) is 6.11. The van der Waals surface area contributed by atoms with E-state index in [1.54, 1.807) is 7.11 Å². The van der Waals surface area contributed by atoms with E-state index in [-0.39, 0.29) is 23.1 Å². The monoisotopic (exact) mass is 370 g/mol. The maximum absolute atomic E-state index is 10.0. The summed E-state index contributed by atoms with van der Waals surface area (Å²) in [6.45, 7) is -1.32. The van der Waals surface area contributed by atoms with Gasteiger partial charge in [-0.15, -0.1) is 17.0 Å². The van der Waals surface area contributed by atoms with Gasteiger partial charge in [0.15, 0.2) is 11.5 Å². The average Bonchev–Trinajstić information content (AvgIpc) is 2.74. The van der Waals surface area contributed by atoms with Crippen molar-refractivity contribution in [1.29, 1.82) is 0 Å². The Morgan fingerprint density at radius 2 is 2.36 bits per heavy atom. The molecule has 1 aromatic carbocycles. The molecule has 1 N–H and O–H groups in total. The van der Waals surface area contributed by atoms with Crippen LogP contribution in [0.3, 0.4) is 0 Å². The average molecular weight is 371 g/mol. The van der Waals surface area contributed by atoms with Gasteiger partial charge in [0.25, 0.3) is 0 Å². The van der Waals surface area contributed by atoms with Crippen molar-refractivity contribution < 1.29 is 18.7 Å². The third-order valence-electron chi connectivity index (χ3n) is 4.96. The topological polar surface area (TPSA) is 41.9 Å². The Bertz CT molecular complexity index is 709. The first-order valence-corrected chi connectivity index (χ1v) is 7.34. The van der Waals surface area contributed by atoms with E-state index in [0.29, 0.717) is 37.4 Å². The highest BCUT2D eigenvalue weighted by atomic mass is 79.9. The van der Waals surface area contributed by atoms with Gasteiger partial charge in [-0.1, -0.05) is 18.2 Å². The molecule has 3 atom stereocenters. The van der Waals surface area contributed by atoms with E-state index in [2.05, 4.69) is 0 Å². The fourth-order valence-corrected chi connectivity index (χ4v) is 3.94. The van der Waals surface area contributed by atoms with Crippen molar-refractivity contribution in [1.82, 2.24) is 4.90 Å². The van der Waals surface area contributed by atoms with Crippen LogP contribution in [0.5, 0.6) is 11.5 Å². The molecular formula is C17H22BrNO3. The number of aliphatic hydroxyl groups excluding tert-OH is 1. The smallest absolute Gasteiger partial charge is 0.166 e. The number of ether oxygens (including phenoxy) is 2. The van der Waals surface area contributed by atoms with Crippen LogP contribution in [-0.2, 0) is 12.0 Å². The van der Waals surface area contributed by atoms with Crippen molar-refractivity contribution in [3.05, 3.63) is 35.4 Å². The van der Waals surface area contributed by atoms with Gasteiger partial charge in [-0.2, -0.15) is 0 Å². The Morgan fingerprint density at radius 3 is 3.14 bits per heavy atom. The molecular weight excluding hydrogens is 346 g/mol. The largest absolute Gasteiger partial charge is 0.493 e. The third kappa shape index (κ3) is 2.10. The summed E-state index contributed by atoms with van der Waals surface area (Å²) < 4.78 is 35.0. The highest BCUT2D eigenvalue weighted by molar-refractivity contribution is 8.93. The summed E-state index contributed by atoms with van der Waals surface area (Å²) in [5.74, 6) is 1.36. The summed E-state index contributed by atoms with van der Waals surface area (Å²) in [5, 5.41) is 10.0. The molecule has 22 heavy (non-hydrogen) atoms. The Balaban J connectivity index is 0.00000182. The van der Waals surface area contributed by atoms with Gasteiger partial charge in [-0.3, -0.25) is 0 Å². The van der Waals surface area contributed by atoms with Crippen LogP contribution in [0, 0.1) is 0 Å². The summed E-state index contributed by atoms with van der Waals surface area (Å²) in [4.78, 5) is 1.54. The van der Waals surface area contributed by atoms with Gasteiger partial charge in [0.2, 0.25) is 0 Å². The van der Waals surface area contributed by atoms with E-state index in [9.17, 15) is 5.11 Å². The van der Waals surface area contributed by atoms with Crippen LogP contribution in [0.4, 0.5) is 0 Å². The van der Waals surface area contributed by atoms with E-state index in [0.717, 1.165) is 11.1 Å². The molecule has 2 aliphatic heterocycles. The van der Waals surface area contributed by atoms with Gasteiger partial charge in [-0.05, 0) is 31.6 Å². The lowest BCUT2D eigenvalue weighted by atomic mass is 9.69. The van der Waals surface area contributed by atoms with Gasteiger partial charge in [0.05, 0.1) is 18.6 Å². The van der Waals surface area contributed by atoms with Gasteiger partial charge >= 0.3 is 0 Å². The first-order chi connectivity index (χ1) is 11.3. The minimum absolute atomic E-state index is 0. The molecule has 2 heterocycles. The number of rotatable bonds is 1. The lowest BCUT2D eigenvalue weighted by Gasteiger charge is -2.35. The molecule has 1 spiro atoms. The lowest BCUT2D eigenvalue weighted by molar-refractivity contribution is 0.0821. The number of halogens is 1. The number of hydrogen-bond acceptors (Lipinski definition) is 4. The SMILES string of the molecule is Br.[2H]C([2H])([2H])N1CC[C@@]23C=C[C@H](O)C[C@@H]2Oc2c(OC)ccc(c23)C1. The molecule has 0 fully saturated rings. The van der Waals surface area contributed by atoms with Gasteiger partial charge < -0.3 is 19.5 Å². The molecule has 4 rings (SSSR count). The van der Waals surface area contributed by atoms with Gasteiger partial charge in [0, 0.05) is 22.6 Å². The van der Waals surface area contributed by atoms with Gasteiger partial charge in [0.1, 0.15) is 6.10 Å². The second-order valence-electron chi connectivity index (χ2n) is 6.11. The second kappa shape index (κ2) is 5.55. The molecule has 120 valence electrons. The Hall–Kier alpha value is -1.04. The normalized spacial score (nSPS) is 34.9. The van der Waals surface area contributed by atoms with Crippen LogP contribution in [-0.4, -0.2) is 42.8 Å². The quantitative estimate of drug-likeness (QED) is 0.770. The summed E-state index contributed by atoms with van der Waals surface area (Å²) in [6, 6.07) is 3.77. The summed E-state index contributed by atoms with van der Waals surface area (Å²) in [7, 11) is 1.60. The Morgan fingerprint density at radius 1 is 1.50 bits per heavy atom. The Labute approximate surface area is 145 Å². The number of methoxy groups -OCH3 is 1. The van der Waals surface area contributed by atoms with E-state index in [4.69, 9.17) is 13.6 Å². The maximum Gasteiger partial charge on any atom is 0.166 e. The third-order valence-corrected chi connectivity index (χ3v) is 4.96. The lowest BCUT2D eigenvalue weighted by Crippen LogP contribution is -2.42. The number of hydrogen-bond donors (Lipinski definition) is 1. The molecule has 0 aromatic heterocycles. The number of aliphatic hydroxyl groups is 1. The fraction of sp³-hybridized carbons (Fsp3) is 0.529. The molecule has 0 saturated heterocycles. The number of nitrogens with zero attached hydrogens (tertiary/aromatic N) is 1. The van der Waals surface area contributed by atoms with Crippen molar-refractivity contribution in [2.75, 3.05) is 20.6 Å². The summed E-state index contributed by atoms with van der Waals surface area (Å²) in [5.41, 5.74) is 1.60. The summed E-state index contributed by atoms with van der Waals surface area (Å²) >= 11 is 0. The molecule has 3 aliphatic rings. The van der Waals surface area contributed by atoms with Crippen LogP contribution < -0.4 is 9.47 Å². The van der Waals surface area contributed by atoms with E-state index >= 15 is 0 Å². The van der Waals surface area contributed by atoms with Crippen LogP contribution >= 0.6 is 17.0 Å². The van der Waals surface area contributed by atoms with Crippen LogP contribution in [0.25, 0.3) is 0 Å². The maximum atomic E-state index is 10.0. The van der Waals surface area contributed by atoms with Crippen LogP contribution in [0.15, 0.2) is 24.3 Å². The van der Waals surface area contributed by atoms with E-state index < -0.39 is 18.5 Å². The molecule has 0 amide bonds. The van der Waals surface area contributed by atoms with Crippen molar-refractivity contribution >= 4 is 17.0 Å². The zero-order valence-corrected chi connectivity index (χ0v) is 14.1. The number of benzene rings is 1.